The number of aliphatic hydroxyl groups is 2. The van der Waals surface area contributed by atoms with Crippen molar-refractivity contribution in [1.82, 2.24) is 0 Å². The average molecular weight is 132 g/mol. The fourth-order valence-corrected chi connectivity index (χ4v) is 0.912. The molecule has 0 bridgehead atoms. The highest BCUT2D eigenvalue weighted by Gasteiger charge is 2.24. The standard InChI is InChI=1S/C6H12O3/c1-4-6(8)2-5(7)3-9-4/h4-8H,2-3H2,1H3/t4-,5+,6+/m0/s1. The molecule has 0 spiro atoms. The maximum atomic E-state index is 9.06. The first-order valence-corrected chi connectivity index (χ1v) is 3.18. The van der Waals surface area contributed by atoms with Crippen LogP contribution in [0.1, 0.15) is 13.3 Å². The topological polar surface area (TPSA) is 49.7 Å². The molecule has 1 rings (SSSR count). The second kappa shape index (κ2) is 2.64. The van der Waals surface area contributed by atoms with Crippen LogP contribution < -0.4 is 0 Å². The second-order valence-electron chi connectivity index (χ2n) is 2.50. The number of ether oxygens (including phenoxy) is 1. The van der Waals surface area contributed by atoms with Crippen molar-refractivity contribution in [3.63, 3.8) is 0 Å². The normalized spacial score (nSPS) is 45.0. The minimum atomic E-state index is -0.492. The summed E-state index contributed by atoms with van der Waals surface area (Å²) in [5.74, 6) is 0. The fourth-order valence-electron chi connectivity index (χ4n) is 0.912. The Morgan fingerprint density at radius 2 is 2.11 bits per heavy atom. The van der Waals surface area contributed by atoms with E-state index in [1.54, 1.807) is 6.92 Å². The summed E-state index contributed by atoms with van der Waals surface area (Å²) in [4.78, 5) is 0. The lowest BCUT2D eigenvalue weighted by atomic mass is 10.1. The van der Waals surface area contributed by atoms with Crippen LogP contribution in [0, 0.1) is 0 Å². The van der Waals surface area contributed by atoms with Crippen LogP contribution >= 0.6 is 0 Å². The Balaban J connectivity index is 2.35. The minimum absolute atomic E-state index is 0.117. The van der Waals surface area contributed by atoms with Crippen molar-refractivity contribution in [1.29, 1.82) is 0 Å². The molecule has 3 atom stereocenters. The summed E-state index contributed by atoms with van der Waals surface area (Å²) in [6, 6.07) is 0. The predicted octanol–water partition coefficient (Wildman–Crippen LogP) is -0.483. The van der Waals surface area contributed by atoms with Crippen molar-refractivity contribution in [3.8, 4) is 0 Å². The molecule has 1 saturated heterocycles. The lowest BCUT2D eigenvalue weighted by Crippen LogP contribution is -2.39. The Morgan fingerprint density at radius 1 is 1.44 bits per heavy atom. The van der Waals surface area contributed by atoms with E-state index in [0.717, 1.165) is 0 Å². The third-order valence-corrected chi connectivity index (χ3v) is 1.61. The zero-order chi connectivity index (χ0) is 6.85. The van der Waals surface area contributed by atoms with Gasteiger partial charge in [-0.3, -0.25) is 0 Å². The van der Waals surface area contributed by atoms with Crippen LogP contribution in [0.5, 0.6) is 0 Å². The van der Waals surface area contributed by atoms with E-state index in [9.17, 15) is 0 Å². The summed E-state index contributed by atoms with van der Waals surface area (Å²) in [5, 5.41) is 18.0. The van der Waals surface area contributed by atoms with Crippen molar-refractivity contribution < 1.29 is 14.9 Å². The third kappa shape index (κ3) is 1.64. The van der Waals surface area contributed by atoms with E-state index in [4.69, 9.17) is 14.9 Å². The summed E-state index contributed by atoms with van der Waals surface area (Å²) in [7, 11) is 0. The van der Waals surface area contributed by atoms with Crippen LogP contribution in [0.3, 0.4) is 0 Å². The van der Waals surface area contributed by atoms with Gasteiger partial charge < -0.3 is 14.9 Å². The van der Waals surface area contributed by atoms with Gasteiger partial charge in [-0.25, -0.2) is 0 Å². The monoisotopic (exact) mass is 132 g/mol. The van der Waals surface area contributed by atoms with Gasteiger partial charge in [0.15, 0.2) is 0 Å². The number of rotatable bonds is 0. The van der Waals surface area contributed by atoms with Gasteiger partial charge in [-0.15, -0.1) is 0 Å². The Bertz CT molecular complexity index is 94.3. The minimum Gasteiger partial charge on any atom is -0.391 e. The van der Waals surface area contributed by atoms with E-state index in [0.29, 0.717) is 13.0 Å². The first kappa shape index (κ1) is 6.99. The molecule has 0 radical (unpaired) electrons. The van der Waals surface area contributed by atoms with Gasteiger partial charge >= 0.3 is 0 Å². The molecular formula is C6H12O3. The highest BCUT2D eigenvalue weighted by atomic mass is 16.5. The van der Waals surface area contributed by atoms with Crippen molar-refractivity contribution in [2.24, 2.45) is 0 Å². The van der Waals surface area contributed by atoms with Gasteiger partial charge in [0.1, 0.15) is 0 Å². The number of hydrogen-bond donors (Lipinski definition) is 2. The van der Waals surface area contributed by atoms with Crippen molar-refractivity contribution >= 4 is 0 Å². The van der Waals surface area contributed by atoms with Crippen LogP contribution in [0.25, 0.3) is 0 Å². The molecule has 1 heterocycles. The van der Waals surface area contributed by atoms with Gasteiger partial charge in [-0.05, 0) is 6.92 Å². The third-order valence-electron chi connectivity index (χ3n) is 1.61. The lowest BCUT2D eigenvalue weighted by molar-refractivity contribution is -0.115. The van der Waals surface area contributed by atoms with Crippen LogP contribution in [0.4, 0.5) is 0 Å². The molecule has 1 aliphatic heterocycles. The van der Waals surface area contributed by atoms with Crippen LogP contribution in [0.15, 0.2) is 0 Å². The van der Waals surface area contributed by atoms with Crippen molar-refractivity contribution in [2.75, 3.05) is 6.61 Å². The van der Waals surface area contributed by atoms with Gasteiger partial charge in [0.2, 0.25) is 0 Å². The molecule has 0 amide bonds. The van der Waals surface area contributed by atoms with Gasteiger partial charge in [-0.2, -0.15) is 0 Å². The van der Waals surface area contributed by atoms with E-state index in [2.05, 4.69) is 0 Å². The van der Waals surface area contributed by atoms with E-state index in [-0.39, 0.29) is 6.10 Å². The molecule has 1 fully saturated rings. The maximum Gasteiger partial charge on any atom is 0.0824 e. The van der Waals surface area contributed by atoms with E-state index in [1.807, 2.05) is 0 Å². The molecule has 3 nitrogen and oxygen atoms in total. The molecule has 9 heavy (non-hydrogen) atoms. The highest BCUT2D eigenvalue weighted by molar-refractivity contribution is 4.74. The molecule has 2 N–H and O–H groups in total. The zero-order valence-electron chi connectivity index (χ0n) is 5.45. The number of aliphatic hydroxyl groups excluding tert-OH is 2. The molecule has 1 aliphatic rings. The Kier molecular flexibility index (Phi) is 2.05. The predicted molar refractivity (Wildman–Crippen MR) is 32.0 cm³/mol. The van der Waals surface area contributed by atoms with Crippen molar-refractivity contribution in [2.45, 2.75) is 31.7 Å². The Hall–Kier alpha value is -0.120. The van der Waals surface area contributed by atoms with Crippen LogP contribution in [-0.4, -0.2) is 35.1 Å². The largest absolute Gasteiger partial charge is 0.391 e. The molecule has 0 aliphatic carbocycles. The summed E-state index contributed by atoms with van der Waals surface area (Å²) >= 11 is 0. The molecule has 3 heteroatoms. The molecular weight excluding hydrogens is 120 g/mol. The summed E-state index contributed by atoms with van der Waals surface area (Å²) in [6.07, 6.45) is -0.639. The van der Waals surface area contributed by atoms with Crippen molar-refractivity contribution in [3.05, 3.63) is 0 Å². The van der Waals surface area contributed by atoms with Gasteiger partial charge in [-0.1, -0.05) is 0 Å². The van der Waals surface area contributed by atoms with Gasteiger partial charge in [0, 0.05) is 6.42 Å². The summed E-state index contributed by atoms with van der Waals surface area (Å²) in [5.41, 5.74) is 0. The molecule has 0 aromatic rings. The van der Waals surface area contributed by atoms with E-state index in [1.165, 1.54) is 0 Å². The Labute approximate surface area is 54.3 Å². The van der Waals surface area contributed by atoms with Gasteiger partial charge in [0.05, 0.1) is 24.9 Å². The molecule has 0 unspecified atom stereocenters. The van der Waals surface area contributed by atoms with Crippen LogP contribution in [-0.2, 0) is 4.74 Å². The maximum absolute atomic E-state index is 9.06. The zero-order valence-corrected chi connectivity index (χ0v) is 5.45. The summed E-state index contributed by atoms with van der Waals surface area (Å²) in [6.45, 7) is 2.16. The van der Waals surface area contributed by atoms with E-state index < -0.39 is 12.2 Å². The van der Waals surface area contributed by atoms with Gasteiger partial charge in [0.25, 0.3) is 0 Å². The SMILES string of the molecule is C[C@@H]1OC[C@H](O)C[C@H]1O. The smallest absolute Gasteiger partial charge is 0.0824 e. The number of hydrogen-bond acceptors (Lipinski definition) is 3. The first-order valence-electron chi connectivity index (χ1n) is 3.18. The second-order valence-corrected chi connectivity index (χ2v) is 2.50. The lowest BCUT2D eigenvalue weighted by Gasteiger charge is -2.28. The molecule has 0 aromatic heterocycles. The van der Waals surface area contributed by atoms with Crippen LogP contribution in [0.2, 0.25) is 0 Å². The quantitative estimate of drug-likeness (QED) is 0.468. The Morgan fingerprint density at radius 3 is 2.56 bits per heavy atom. The molecule has 0 aromatic carbocycles. The molecule has 54 valence electrons. The molecule has 0 saturated carbocycles. The highest BCUT2D eigenvalue weighted by Crippen LogP contribution is 2.12. The summed E-state index contributed by atoms with van der Waals surface area (Å²) < 4.78 is 5.00. The first-order chi connectivity index (χ1) is 4.20. The fraction of sp³-hybridized carbons (Fsp3) is 1.00. The average Bonchev–Trinajstić information content (AvgIpc) is 1.80. The van der Waals surface area contributed by atoms with E-state index >= 15 is 0 Å².